The maximum Gasteiger partial charge on any atom is 0.248 e. The number of anilines is 1. The molecule has 0 unspecified atom stereocenters. The molecule has 1 aromatic rings. The van der Waals surface area contributed by atoms with Crippen molar-refractivity contribution in [2.24, 2.45) is 5.92 Å². The lowest BCUT2D eigenvalue weighted by molar-refractivity contribution is -0.124. The van der Waals surface area contributed by atoms with Crippen LogP contribution >= 0.6 is 0 Å². The number of rotatable bonds is 2. The van der Waals surface area contributed by atoms with Gasteiger partial charge in [0.15, 0.2) is 0 Å². The number of fused-ring (bicyclic) bond motifs is 1. The third-order valence-electron chi connectivity index (χ3n) is 4.18. The van der Waals surface area contributed by atoms with Gasteiger partial charge in [-0.05, 0) is 25.7 Å². The van der Waals surface area contributed by atoms with Crippen LogP contribution in [0.4, 0.5) is 14.7 Å². The normalized spacial score (nSPS) is 22.3. The number of carbonyl (C=O) groups is 1. The molecular weight excluding hydrogens is 266 g/mol. The lowest BCUT2D eigenvalue weighted by Gasteiger charge is -2.27. The van der Waals surface area contributed by atoms with Crippen molar-refractivity contribution in [1.29, 1.82) is 0 Å². The summed E-state index contributed by atoms with van der Waals surface area (Å²) in [6, 6.07) is 0. The van der Waals surface area contributed by atoms with Gasteiger partial charge in [0.05, 0.1) is 0 Å². The Kier molecular flexibility index (Phi) is 3.43. The van der Waals surface area contributed by atoms with Gasteiger partial charge in [0.1, 0.15) is 5.82 Å². The van der Waals surface area contributed by atoms with Crippen molar-refractivity contribution in [1.82, 2.24) is 14.8 Å². The van der Waals surface area contributed by atoms with E-state index in [1.165, 1.54) is 0 Å². The summed E-state index contributed by atoms with van der Waals surface area (Å²) >= 11 is 0. The number of amides is 1. The molecule has 2 aliphatic rings. The first-order valence-electron chi connectivity index (χ1n) is 7.16. The highest BCUT2D eigenvalue weighted by Crippen LogP contribution is 2.36. The Morgan fingerprint density at radius 1 is 1.25 bits per heavy atom. The molecule has 1 aromatic heterocycles. The Labute approximate surface area is 115 Å². The standard InChI is InChI=1S/C13H18F2N4O/c14-13(15)6-4-9(5-7-13)11(20)16-12-18-17-10-3-1-2-8-19(10)12/h9H,1-8H2,(H,16,18,20). The van der Waals surface area contributed by atoms with E-state index >= 15 is 0 Å². The second kappa shape index (κ2) is 5.10. The molecule has 1 aliphatic carbocycles. The van der Waals surface area contributed by atoms with Crippen molar-refractivity contribution in [2.75, 3.05) is 5.32 Å². The quantitative estimate of drug-likeness (QED) is 0.907. The molecule has 1 amide bonds. The SMILES string of the molecule is O=C(Nc1nnc2n1CCCC2)C1CCC(F)(F)CC1. The summed E-state index contributed by atoms with van der Waals surface area (Å²) in [4.78, 5) is 12.1. The molecule has 0 spiro atoms. The molecule has 3 rings (SSSR count). The Bertz CT molecular complexity index is 504. The molecule has 0 atom stereocenters. The van der Waals surface area contributed by atoms with Crippen LogP contribution in [0.25, 0.3) is 0 Å². The van der Waals surface area contributed by atoms with Crippen molar-refractivity contribution >= 4 is 11.9 Å². The van der Waals surface area contributed by atoms with E-state index in [2.05, 4.69) is 15.5 Å². The number of aromatic nitrogens is 3. The van der Waals surface area contributed by atoms with E-state index in [0.29, 0.717) is 5.95 Å². The van der Waals surface area contributed by atoms with Crippen LogP contribution in [-0.4, -0.2) is 26.6 Å². The average Bonchev–Trinajstić information content (AvgIpc) is 2.82. The van der Waals surface area contributed by atoms with Gasteiger partial charge < -0.3 is 0 Å². The molecule has 0 bridgehead atoms. The van der Waals surface area contributed by atoms with E-state index in [4.69, 9.17) is 0 Å². The van der Waals surface area contributed by atoms with E-state index < -0.39 is 5.92 Å². The first-order valence-corrected chi connectivity index (χ1v) is 7.16. The second-order valence-electron chi connectivity index (χ2n) is 5.67. The Hall–Kier alpha value is -1.53. The van der Waals surface area contributed by atoms with Crippen LogP contribution in [0, 0.1) is 5.92 Å². The summed E-state index contributed by atoms with van der Waals surface area (Å²) in [5.74, 6) is -1.80. The van der Waals surface area contributed by atoms with Crippen LogP contribution in [0.1, 0.15) is 44.3 Å². The minimum Gasteiger partial charge on any atom is -0.297 e. The number of nitrogens with zero attached hydrogens (tertiary/aromatic N) is 3. The number of aryl methyl sites for hydroxylation is 1. The number of hydrogen-bond donors (Lipinski definition) is 1. The minimum absolute atomic E-state index is 0.205. The molecule has 1 N–H and O–H groups in total. The molecule has 0 aromatic carbocycles. The first-order chi connectivity index (χ1) is 9.55. The predicted molar refractivity (Wildman–Crippen MR) is 68.5 cm³/mol. The summed E-state index contributed by atoms with van der Waals surface area (Å²) in [6.07, 6.45) is 3.07. The van der Waals surface area contributed by atoms with Crippen molar-refractivity contribution < 1.29 is 13.6 Å². The van der Waals surface area contributed by atoms with Gasteiger partial charge in [-0.25, -0.2) is 8.78 Å². The van der Waals surface area contributed by atoms with Crippen molar-refractivity contribution in [2.45, 2.75) is 57.4 Å². The highest BCUT2D eigenvalue weighted by atomic mass is 19.3. The van der Waals surface area contributed by atoms with Gasteiger partial charge in [0.25, 0.3) is 0 Å². The Morgan fingerprint density at radius 2 is 2.00 bits per heavy atom. The predicted octanol–water partition coefficient (Wildman–Crippen LogP) is 2.38. The van der Waals surface area contributed by atoms with Crippen LogP contribution in [0.3, 0.4) is 0 Å². The van der Waals surface area contributed by atoms with Gasteiger partial charge in [0, 0.05) is 31.7 Å². The molecular formula is C13H18F2N4O. The number of nitrogens with one attached hydrogen (secondary N) is 1. The van der Waals surface area contributed by atoms with E-state index in [1.54, 1.807) is 0 Å². The minimum atomic E-state index is -2.61. The van der Waals surface area contributed by atoms with Gasteiger partial charge >= 0.3 is 0 Å². The van der Waals surface area contributed by atoms with Crippen LogP contribution in [-0.2, 0) is 17.8 Å². The highest BCUT2D eigenvalue weighted by molar-refractivity contribution is 5.91. The zero-order chi connectivity index (χ0) is 14.2. The van der Waals surface area contributed by atoms with Crippen LogP contribution in [0.15, 0.2) is 0 Å². The summed E-state index contributed by atoms with van der Waals surface area (Å²) < 4.78 is 28.1. The number of alkyl halides is 2. The fraction of sp³-hybridized carbons (Fsp3) is 0.769. The highest BCUT2D eigenvalue weighted by Gasteiger charge is 2.37. The zero-order valence-corrected chi connectivity index (χ0v) is 11.2. The smallest absolute Gasteiger partial charge is 0.248 e. The van der Waals surface area contributed by atoms with Gasteiger partial charge in [-0.1, -0.05) is 0 Å². The molecule has 1 fully saturated rings. The molecule has 7 heteroatoms. The Morgan fingerprint density at radius 3 is 2.75 bits per heavy atom. The molecule has 2 heterocycles. The number of halogens is 2. The van der Waals surface area contributed by atoms with Gasteiger partial charge in [-0.15, -0.1) is 10.2 Å². The van der Waals surface area contributed by atoms with Crippen molar-refractivity contribution in [3.8, 4) is 0 Å². The lowest BCUT2D eigenvalue weighted by atomic mass is 9.86. The van der Waals surface area contributed by atoms with Crippen LogP contribution in [0.2, 0.25) is 0 Å². The molecule has 20 heavy (non-hydrogen) atoms. The molecule has 1 saturated carbocycles. The van der Waals surface area contributed by atoms with Crippen molar-refractivity contribution in [3.05, 3.63) is 5.82 Å². The maximum absolute atomic E-state index is 13.1. The Balaban J connectivity index is 1.63. The molecule has 5 nitrogen and oxygen atoms in total. The van der Waals surface area contributed by atoms with Gasteiger partial charge in [0.2, 0.25) is 17.8 Å². The van der Waals surface area contributed by atoms with E-state index in [1.807, 2.05) is 4.57 Å². The number of carbonyl (C=O) groups excluding carboxylic acids is 1. The lowest BCUT2D eigenvalue weighted by Crippen LogP contribution is -2.32. The largest absolute Gasteiger partial charge is 0.297 e. The van der Waals surface area contributed by atoms with Crippen LogP contribution < -0.4 is 5.32 Å². The van der Waals surface area contributed by atoms with Crippen molar-refractivity contribution in [3.63, 3.8) is 0 Å². The van der Waals surface area contributed by atoms with E-state index in [9.17, 15) is 13.6 Å². The molecule has 0 radical (unpaired) electrons. The van der Waals surface area contributed by atoms with Gasteiger partial charge in [-0.3, -0.25) is 14.7 Å². The van der Waals surface area contributed by atoms with Crippen LogP contribution in [0.5, 0.6) is 0 Å². The first kappa shape index (κ1) is 13.5. The molecule has 0 saturated heterocycles. The maximum atomic E-state index is 13.1. The average molecular weight is 284 g/mol. The topological polar surface area (TPSA) is 59.8 Å². The zero-order valence-electron chi connectivity index (χ0n) is 11.2. The summed E-state index contributed by atoms with van der Waals surface area (Å²) in [5.41, 5.74) is 0. The molecule has 1 aliphatic heterocycles. The van der Waals surface area contributed by atoms with E-state index in [0.717, 1.165) is 31.6 Å². The van der Waals surface area contributed by atoms with Gasteiger partial charge in [-0.2, -0.15) is 0 Å². The second-order valence-corrected chi connectivity index (χ2v) is 5.67. The third kappa shape index (κ3) is 2.66. The fourth-order valence-electron chi connectivity index (χ4n) is 2.92. The van der Waals surface area contributed by atoms with E-state index in [-0.39, 0.29) is 37.5 Å². The molecule has 110 valence electrons. The third-order valence-corrected chi connectivity index (χ3v) is 4.18. The summed E-state index contributed by atoms with van der Waals surface area (Å²) in [7, 11) is 0. The monoisotopic (exact) mass is 284 g/mol. The summed E-state index contributed by atoms with van der Waals surface area (Å²) in [5, 5.41) is 10.8. The summed E-state index contributed by atoms with van der Waals surface area (Å²) in [6.45, 7) is 0.806. The number of hydrogen-bond acceptors (Lipinski definition) is 3. The fourth-order valence-corrected chi connectivity index (χ4v) is 2.92.